The number of rotatable bonds is 12. The van der Waals surface area contributed by atoms with Crippen LogP contribution in [0.4, 0.5) is 56.9 Å². The molecule has 3 aliphatic heterocycles. The van der Waals surface area contributed by atoms with Crippen LogP contribution >= 0.6 is 0 Å². The minimum Gasteiger partial charge on any atom is -0.510 e. The van der Waals surface area contributed by atoms with E-state index in [-0.39, 0.29) is 46.6 Å². The average Bonchev–Trinajstić information content (AvgIpc) is 4.13. The molecule has 0 saturated heterocycles. The van der Waals surface area contributed by atoms with Gasteiger partial charge in [0.05, 0.1) is 0 Å². The molecule has 0 N–H and O–H groups in total. The summed E-state index contributed by atoms with van der Waals surface area (Å²) in [5.41, 5.74) is 13.8. The van der Waals surface area contributed by atoms with Crippen LogP contribution in [-0.4, -0.2) is 23.1 Å². The smallest absolute Gasteiger partial charge is 0.0344 e. The van der Waals surface area contributed by atoms with Crippen molar-refractivity contribution in [3.05, 3.63) is 250 Å². The van der Waals surface area contributed by atoms with E-state index in [4.69, 9.17) is 4.74 Å². The van der Waals surface area contributed by atoms with Crippen molar-refractivity contribution in [1.29, 1.82) is 0 Å². The Kier molecular flexibility index (Phi) is 16.3. The summed E-state index contributed by atoms with van der Waals surface area (Å²) in [6.07, 6.45) is 5.57. The van der Waals surface area contributed by atoms with E-state index in [1.165, 1.54) is 28.3 Å². The Hall–Kier alpha value is -7.22. The van der Waals surface area contributed by atoms with Crippen LogP contribution in [-0.2, 0) is 46.6 Å². The normalized spacial score (nSPS) is 13.3. The number of nitrogens with zero attached hydrogens (tertiary/aromatic N) is 8. The standard InChI is InChI=1S/C34H34N4.C29H18N4O.Ir.Pt/c1-34(2,3)27-19-21-29(22-20-27)38-26-36(31-16-8-10-18-33(31)38)24-12-11-23-35-25-37(28-13-5-4-6-14-28)32-17-9-7-15-30(32)35;1-2-9-22(10-3-1)32-21-33(29-15-5-4-14-28(29)32)23-11-8-12-24(19-23)34-25-16-18-31-27(20-25)26-13-6-7-17-30-26;;/h4-10,13,15-21,25-26H,11-12,23-24H2,1-3H3;1-12,14-18,21H;;/q2*-4;;. The minimum atomic E-state index is 0. The zero-order chi connectivity index (χ0) is 48.9. The van der Waals surface area contributed by atoms with Crippen molar-refractivity contribution in [2.45, 2.75) is 39.0 Å². The number of fused-ring (bicyclic) bond motifs is 3. The molecule has 12 rings (SSSR count). The Morgan fingerprint density at radius 3 is 1.59 bits per heavy atom. The summed E-state index contributed by atoms with van der Waals surface area (Å²) in [5, 5.41) is 0. The van der Waals surface area contributed by atoms with Crippen LogP contribution in [0.25, 0.3) is 11.4 Å². The molecule has 0 aliphatic carbocycles. The third-order valence-electron chi connectivity index (χ3n) is 12.7. The molecule has 74 heavy (non-hydrogen) atoms. The van der Waals surface area contributed by atoms with Gasteiger partial charge in [-0.05, 0) is 86.9 Å². The molecule has 0 unspecified atom stereocenters. The maximum atomic E-state index is 6.09. The fraction of sp³-hybridized carbons (Fsp3) is 0.127. The predicted molar refractivity (Wildman–Crippen MR) is 291 cm³/mol. The molecule has 0 bridgehead atoms. The summed E-state index contributed by atoms with van der Waals surface area (Å²) < 4.78 is 6.09. The molecule has 7 aromatic carbocycles. The van der Waals surface area contributed by atoms with Crippen LogP contribution in [0.3, 0.4) is 0 Å². The van der Waals surface area contributed by atoms with E-state index >= 15 is 0 Å². The van der Waals surface area contributed by atoms with E-state index in [2.05, 4.69) is 214 Å². The number of ether oxygens (including phenoxy) is 1. The first-order valence-corrected chi connectivity index (χ1v) is 24.3. The Bertz CT molecular complexity index is 3250. The van der Waals surface area contributed by atoms with Gasteiger partial charge in [0.25, 0.3) is 0 Å². The van der Waals surface area contributed by atoms with Gasteiger partial charge in [-0.2, -0.15) is 85.6 Å². The second-order valence-corrected chi connectivity index (χ2v) is 18.6. The van der Waals surface area contributed by atoms with Crippen LogP contribution in [0, 0.1) is 50.3 Å². The number of benzene rings is 7. The van der Waals surface area contributed by atoms with Crippen molar-refractivity contribution >= 4 is 56.9 Å². The van der Waals surface area contributed by atoms with Crippen LogP contribution in [0.1, 0.15) is 39.2 Å². The van der Waals surface area contributed by atoms with Crippen molar-refractivity contribution in [3.63, 3.8) is 0 Å². The molecular formula is C63H52IrN8OPt-8. The van der Waals surface area contributed by atoms with Crippen LogP contribution in [0.2, 0.25) is 0 Å². The fourth-order valence-corrected chi connectivity index (χ4v) is 9.08. The molecule has 1 radical (unpaired) electrons. The molecule has 0 amide bonds. The van der Waals surface area contributed by atoms with Gasteiger partial charge in [0.1, 0.15) is 0 Å². The van der Waals surface area contributed by atoms with Crippen LogP contribution in [0.5, 0.6) is 11.5 Å². The van der Waals surface area contributed by atoms with Gasteiger partial charge in [-0.1, -0.05) is 80.8 Å². The fourth-order valence-electron chi connectivity index (χ4n) is 9.08. The number of hydrogen-bond acceptors (Lipinski definition) is 9. The first-order chi connectivity index (χ1) is 35.3. The van der Waals surface area contributed by atoms with Crippen molar-refractivity contribution in [2.24, 2.45) is 0 Å². The molecule has 0 fully saturated rings. The number of hydrogen-bond donors (Lipinski definition) is 0. The van der Waals surface area contributed by atoms with Crippen molar-refractivity contribution in [1.82, 2.24) is 9.97 Å². The van der Waals surface area contributed by atoms with Gasteiger partial charge in [0.2, 0.25) is 0 Å². The quantitative estimate of drug-likeness (QED) is 0.0879. The summed E-state index contributed by atoms with van der Waals surface area (Å²) in [6.45, 7) is 15.2. The topological polar surface area (TPSA) is 54.5 Å². The molecule has 11 heteroatoms. The van der Waals surface area contributed by atoms with Crippen molar-refractivity contribution in [3.8, 4) is 22.9 Å². The summed E-state index contributed by atoms with van der Waals surface area (Å²) in [6, 6.07) is 78.3. The van der Waals surface area contributed by atoms with E-state index in [0.29, 0.717) is 22.9 Å². The average molecular weight is 1320 g/mol. The van der Waals surface area contributed by atoms with Crippen LogP contribution < -0.4 is 34.1 Å². The largest absolute Gasteiger partial charge is 0.510 e. The predicted octanol–water partition coefficient (Wildman–Crippen LogP) is 15.0. The molecular weight excluding hydrogens is 1270 g/mol. The molecule has 0 atom stereocenters. The minimum absolute atomic E-state index is 0. The van der Waals surface area contributed by atoms with Gasteiger partial charge >= 0.3 is 0 Å². The van der Waals surface area contributed by atoms with Crippen molar-refractivity contribution in [2.75, 3.05) is 42.5 Å². The second kappa shape index (κ2) is 23.3. The summed E-state index contributed by atoms with van der Waals surface area (Å²) >= 11 is 0. The van der Waals surface area contributed by atoms with Crippen LogP contribution in [0.15, 0.2) is 194 Å². The Labute approximate surface area is 464 Å². The Morgan fingerprint density at radius 1 is 0.459 bits per heavy atom. The van der Waals surface area contributed by atoms with Gasteiger partial charge in [0.15, 0.2) is 0 Å². The number of aromatic nitrogens is 2. The van der Waals surface area contributed by atoms with Gasteiger partial charge in [0, 0.05) is 92.5 Å². The Balaban J connectivity index is 0.000000178. The van der Waals surface area contributed by atoms with Gasteiger partial charge in [-0.3, -0.25) is 0 Å². The number of para-hydroxylation sites is 8. The first kappa shape index (κ1) is 51.7. The van der Waals surface area contributed by atoms with E-state index < -0.39 is 0 Å². The molecule has 0 spiro atoms. The molecule has 5 heterocycles. The first-order valence-electron chi connectivity index (χ1n) is 24.3. The van der Waals surface area contributed by atoms with Gasteiger partial charge in [-0.25, -0.2) is 6.07 Å². The number of pyridine rings is 2. The molecule has 3 aliphatic rings. The van der Waals surface area contributed by atoms with Crippen molar-refractivity contribution < 1.29 is 45.9 Å². The maximum Gasteiger partial charge on any atom is 0.0344 e. The zero-order valence-corrected chi connectivity index (χ0v) is 45.8. The van der Waals surface area contributed by atoms with E-state index in [1.54, 1.807) is 24.5 Å². The number of unbranched alkanes of at least 4 members (excludes halogenated alkanes) is 1. The SMILES string of the molecule is CC(C)(C)c1c[c-]c(N2[CH-]N(CCCCN3[CH-]N(c4[c-]cccc4)c4ccccc43)c3ccccc32)cc1.[Ir].[Pt].[c-]1c(Oc2[c-]c(-c3[c-]cccn3)ncc2)cccc1N1[CH-]N(c2ccccc2)c2ccccc21. The molecule has 0 saturated carbocycles. The maximum absolute atomic E-state index is 6.09. The third-order valence-corrected chi connectivity index (χ3v) is 12.7. The van der Waals surface area contributed by atoms with E-state index in [0.717, 1.165) is 60.1 Å². The third kappa shape index (κ3) is 11.3. The Morgan fingerprint density at radius 2 is 1.00 bits per heavy atom. The zero-order valence-electron chi connectivity index (χ0n) is 41.2. The summed E-state index contributed by atoms with van der Waals surface area (Å²) in [7, 11) is 0. The van der Waals surface area contributed by atoms with E-state index in [1.807, 2.05) is 66.7 Å². The molecule has 2 aromatic heterocycles. The number of anilines is 10. The van der Waals surface area contributed by atoms with Gasteiger partial charge in [-0.15, -0.1) is 71.5 Å². The molecule has 9 nitrogen and oxygen atoms in total. The van der Waals surface area contributed by atoms with Gasteiger partial charge < -0.3 is 44.1 Å². The van der Waals surface area contributed by atoms with E-state index in [9.17, 15) is 0 Å². The molecule has 377 valence electrons. The monoisotopic (exact) mass is 1320 g/mol. The molecule has 9 aromatic rings. The summed E-state index contributed by atoms with van der Waals surface area (Å²) in [5.74, 6) is 1.12. The summed E-state index contributed by atoms with van der Waals surface area (Å²) in [4.78, 5) is 22.2. The second-order valence-electron chi connectivity index (χ2n) is 18.6.